The molecule has 1 atom stereocenters. The molecule has 1 aliphatic rings. The summed E-state index contributed by atoms with van der Waals surface area (Å²) in [7, 11) is 1.59. The lowest BCUT2D eigenvalue weighted by Gasteiger charge is -2.37. The van der Waals surface area contributed by atoms with Crippen LogP contribution >= 0.6 is 0 Å². The number of carbonyl (C=O) groups excluding carboxylic acids is 2. The smallest absolute Gasteiger partial charge is 0.224 e. The van der Waals surface area contributed by atoms with Gasteiger partial charge in [0, 0.05) is 32.3 Å². The number of amides is 2. The quantitative estimate of drug-likeness (QED) is 0.807. The van der Waals surface area contributed by atoms with Crippen molar-refractivity contribution in [1.82, 2.24) is 14.7 Å². The first-order valence-corrected chi connectivity index (χ1v) is 8.39. The van der Waals surface area contributed by atoms with Gasteiger partial charge in [-0.1, -0.05) is 0 Å². The van der Waals surface area contributed by atoms with Gasteiger partial charge in [0.1, 0.15) is 0 Å². The Labute approximate surface area is 143 Å². The average Bonchev–Trinajstić information content (AvgIpc) is 3.01. The zero-order valence-electron chi connectivity index (χ0n) is 15.1. The second kappa shape index (κ2) is 7.34. The third-order valence-electron chi connectivity index (χ3n) is 5.09. The van der Waals surface area contributed by atoms with Crippen LogP contribution in [-0.2, 0) is 20.9 Å². The Hall–Kier alpha value is -1.89. The first kappa shape index (κ1) is 18.4. The summed E-state index contributed by atoms with van der Waals surface area (Å²) in [5.74, 6) is -0.378. The molecule has 2 rings (SSSR count). The fraction of sp³-hybridized carbons (Fsp3) is 0.706. The van der Waals surface area contributed by atoms with Gasteiger partial charge in [0.15, 0.2) is 0 Å². The van der Waals surface area contributed by atoms with Crippen molar-refractivity contribution in [2.45, 2.75) is 58.5 Å². The standard InChI is InChI=1S/C17H28N4O3/c1-12-13(2)19-21(14(12)3)9-6-16(23)20-8-5-7-17(20,11-24-4)10-15(18)22/h5-11H2,1-4H3,(H2,18,22)/t17-/m1/s1. The molecule has 2 N–H and O–H groups in total. The first-order chi connectivity index (χ1) is 11.3. The van der Waals surface area contributed by atoms with Gasteiger partial charge in [-0.25, -0.2) is 0 Å². The lowest BCUT2D eigenvalue weighted by molar-refractivity contribution is -0.139. The van der Waals surface area contributed by atoms with Gasteiger partial charge in [0.25, 0.3) is 0 Å². The van der Waals surface area contributed by atoms with E-state index < -0.39 is 11.4 Å². The predicted octanol–water partition coefficient (Wildman–Crippen LogP) is 1.08. The number of rotatable bonds is 7. The van der Waals surface area contributed by atoms with E-state index in [4.69, 9.17) is 10.5 Å². The summed E-state index contributed by atoms with van der Waals surface area (Å²) in [6.07, 6.45) is 2.10. The van der Waals surface area contributed by atoms with Gasteiger partial charge in [0.2, 0.25) is 11.8 Å². The second-order valence-electron chi connectivity index (χ2n) is 6.72. The molecule has 1 fully saturated rings. The number of nitrogens with zero attached hydrogens (tertiary/aromatic N) is 3. The highest BCUT2D eigenvalue weighted by molar-refractivity contribution is 5.80. The van der Waals surface area contributed by atoms with Crippen molar-refractivity contribution in [2.24, 2.45) is 5.73 Å². The van der Waals surface area contributed by atoms with E-state index in [2.05, 4.69) is 5.10 Å². The van der Waals surface area contributed by atoms with Crippen LogP contribution in [0.3, 0.4) is 0 Å². The number of aryl methyl sites for hydroxylation is 2. The number of primary amides is 1. The number of ether oxygens (including phenoxy) is 1. The Morgan fingerprint density at radius 2 is 2.04 bits per heavy atom. The Balaban J connectivity index is 2.09. The minimum absolute atomic E-state index is 0.0241. The predicted molar refractivity (Wildman–Crippen MR) is 90.4 cm³/mol. The molecule has 7 heteroatoms. The minimum atomic E-state index is -0.595. The highest BCUT2D eigenvalue weighted by Gasteiger charge is 2.44. The Morgan fingerprint density at radius 3 is 2.58 bits per heavy atom. The van der Waals surface area contributed by atoms with Crippen LogP contribution in [-0.4, -0.2) is 52.3 Å². The van der Waals surface area contributed by atoms with Crippen molar-refractivity contribution in [2.75, 3.05) is 20.3 Å². The zero-order valence-corrected chi connectivity index (χ0v) is 15.1. The van der Waals surface area contributed by atoms with Gasteiger partial charge in [-0.15, -0.1) is 0 Å². The second-order valence-corrected chi connectivity index (χ2v) is 6.72. The third-order valence-corrected chi connectivity index (χ3v) is 5.09. The van der Waals surface area contributed by atoms with Crippen molar-refractivity contribution in [3.63, 3.8) is 0 Å². The van der Waals surface area contributed by atoms with Gasteiger partial charge >= 0.3 is 0 Å². The van der Waals surface area contributed by atoms with Crippen molar-refractivity contribution < 1.29 is 14.3 Å². The van der Waals surface area contributed by atoms with Crippen molar-refractivity contribution in [3.05, 3.63) is 17.0 Å². The number of methoxy groups -OCH3 is 1. The summed E-state index contributed by atoms with van der Waals surface area (Å²) < 4.78 is 7.17. The van der Waals surface area contributed by atoms with Crippen LogP contribution in [0.1, 0.15) is 42.6 Å². The Bertz CT molecular complexity index is 626. The molecule has 0 aromatic carbocycles. The molecule has 0 bridgehead atoms. The SMILES string of the molecule is COC[C@]1(CC(N)=O)CCCN1C(=O)CCn1nc(C)c(C)c1C. The highest BCUT2D eigenvalue weighted by Crippen LogP contribution is 2.33. The summed E-state index contributed by atoms with van der Waals surface area (Å²) in [6.45, 7) is 7.53. The molecule has 0 spiro atoms. The number of nitrogens with two attached hydrogens (primary N) is 1. The molecule has 24 heavy (non-hydrogen) atoms. The van der Waals surface area contributed by atoms with Gasteiger partial charge in [0.05, 0.1) is 24.3 Å². The molecule has 0 saturated carbocycles. The molecule has 0 aliphatic carbocycles. The zero-order chi connectivity index (χ0) is 17.9. The molecular formula is C17H28N4O3. The Kier molecular flexibility index (Phi) is 5.64. The number of carbonyl (C=O) groups is 2. The summed E-state index contributed by atoms with van der Waals surface area (Å²) in [4.78, 5) is 26.0. The average molecular weight is 336 g/mol. The van der Waals surface area contributed by atoms with Crippen LogP contribution in [0.15, 0.2) is 0 Å². The maximum absolute atomic E-state index is 12.8. The van der Waals surface area contributed by atoms with Gasteiger partial charge in [-0.2, -0.15) is 5.10 Å². The summed E-state index contributed by atoms with van der Waals surface area (Å²) in [6, 6.07) is 0. The van der Waals surface area contributed by atoms with Crippen LogP contribution in [0.5, 0.6) is 0 Å². The molecule has 1 saturated heterocycles. The van der Waals surface area contributed by atoms with Gasteiger partial charge < -0.3 is 15.4 Å². The van der Waals surface area contributed by atoms with E-state index in [1.807, 2.05) is 25.5 Å². The fourth-order valence-corrected chi connectivity index (χ4v) is 3.65. The fourth-order valence-electron chi connectivity index (χ4n) is 3.65. The number of likely N-dealkylation sites (tertiary alicyclic amines) is 1. The van der Waals surface area contributed by atoms with Crippen molar-refractivity contribution >= 4 is 11.8 Å². The molecule has 2 heterocycles. The normalized spacial score (nSPS) is 20.6. The lowest BCUT2D eigenvalue weighted by atomic mass is 9.92. The molecule has 1 aromatic rings. The van der Waals surface area contributed by atoms with Crippen LogP contribution in [0, 0.1) is 20.8 Å². The molecule has 2 amide bonds. The van der Waals surface area contributed by atoms with E-state index in [1.54, 1.807) is 12.0 Å². The highest BCUT2D eigenvalue weighted by atomic mass is 16.5. The van der Waals surface area contributed by atoms with Crippen molar-refractivity contribution in [3.8, 4) is 0 Å². The van der Waals surface area contributed by atoms with E-state index in [0.717, 1.165) is 29.8 Å². The number of aromatic nitrogens is 2. The third kappa shape index (κ3) is 3.61. The molecule has 134 valence electrons. The Morgan fingerprint density at radius 1 is 1.33 bits per heavy atom. The summed E-state index contributed by atoms with van der Waals surface area (Å²) in [5, 5.41) is 4.48. The minimum Gasteiger partial charge on any atom is -0.382 e. The van der Waals surface area contributed by atoms with E-state index in [9.17, 15) is 9.59 Å². The van der Waals surface area contributed by atoms with E-state index in [0.29, 0.717) is 26.1 Å². The maximum Gasteiger partial charge on any atom is 0.224 e. The van der Waals surface area contributed by atoms with Crippen LogP contribution in [0.4, 0.5) is 0 Å². The molecule has 7 nitrogen and oxygen atoms in total. The monoisotopic (exact) mass is 336 g/mol. The number of hydrogen-bond acceptors (Lipinski definition) is 4. The van der Waals surface area contributed by atoms with Crippen LogP contribution in [0.25, 0.3) is 0 Å². The summed E-state index contributed by atoms with van der Waals surface area (Å²) in [5.41, 5.74) is 8.05. The van der Waals surface area contributed by atoms with Crippen LogP contribution < -0.4 is 5.73 Å². The lowest BCUT2D eigenvalue weighted by Crippen LogP contribution is -2.52. The first-order valence-electron chi connectivity index (χ1n) is 8.39. The molecule has 1 aromatic heterocycles. The van der Waals surface area contributed by atoms with E-state index in [-0.39, 0.29) is 12.3 Å². The van der Waals surface area contributed by atoms with E-state index in [1.165, 1.54) is 0 Å². The van der Waals surface area contributed by atoms with Gasteiger partial charge in [-0.3, -0.25) is 14.3 Å². The van der Waals surface area contributed by atoms with Crippen molar-refractivity contribution in [1.29, 1.82) is 0 Å². The molecular weight excluding hydrogens is 308 g/mol. The maximum atomic E-state index is 12.8. The molecule has 1 aliphatic heterocycles. The molecule has 0 radical (unpaired) electrons. The van der Waals surface area contributed by atoms with E-state index >= 15 is 0 Å². The molecule has 0 unspecified atom stereocenters. The number of hydrogen-bond donors (Lipinski definition) is 1. The van der Waals surface area contributed by atoms with Gasteiger partial charge in [-0.05, 0) is 39.2 Å². The largest absolute Gasteiger partial charge is 0.382 e. The van der Waals surface area contributed by atoms with Crippen LogP contribution in [0.2, 0.25) is 0 Å². The summed E-state index contributed by atoms with van der Waals surface area (Å²) >= 11 is 0. The topological polar surface area (TPSA) is 90.5 Å².